The Morgan fingerprint density at radius 3 is 2.17 bits per heavy atom. The summed E-state index contributed by atoms with van der Waals surface area (Å²) in [4.78, 5) is 15.2. The van der Waals surface area contributed by atoms with E-state index in [-0.39, 0.29) is 5.91 Å². The molecule has 1 amide bonds. The number of carbonyl (C=O) groups excluding carboxylic acids is 1. The molecule has 0 radical (unpaired) electrons. The van der Waals surface area contributed by atoms with Gasteiger partial charge in [0.2, 0.25) is 15.9 Å². The molecule has 1 aliphatic heterocycles. The van der Waals surface area contributed by atoms with Crippen LogP contribution in [0.25, 0.3) is 0 Å². The predicted octanol–water partition coefficient (Wildman–Crippen LogP) is 3.37. The van der Waals surface area contributed by atoms with E-state index < -0.39 is 16.1 Å². The Hall–Kier alpha value is -2.54. The number of amides is 1. The van der Waals surface area contributed by atoms with Gasteiger partial charge in [-0.25, -0.2) is 8.42 Å². The summed E-state index contributed by atoms with van der Waals surface area (Å²) in [7, 11) is -3.63. The van der Waals surface area contributed by atoms with E-state index in [4.69, 9.17) is 0 Å². The minimum Gasteiger partial charge on any atom is -0.372 e. The van der Waals surface area contributed by atoms with Gasteiger partial charge in [-0.1, -0.05) is 18.2 Å². The van der Waals surface area contributed by atoms with Gasteiger partial charge < -0.3 is 10.2 Å². The third-order valence-electron chi connectivity index (χ3n) is 5.42. The van der Waals surface area contributed by atoms with Crippen LogP contribution in [-0.4, -0.2) is 39.7 Å². The van der Waals surface area contributed by atoms with Crippen molar-refractivity contribution in [3.8, 4) is 0 Å². The van der Waals surface area contributed by atoms with E-state index in [0.717, 1.165) is 36.0 Å². The maximum atomic E-state index is 12.8. The van der Waals surface area contributed by atoms with Crippen LogP contribution in [0.3, 0.4) is 0 Å². The van der Waals surface area contributed by atoms with Crippen LogP contribution in [0.1, 0.15) is 36.5 Å². The summed E-state index contributed by atoms with van der Waals surface area (Å²) >= 11 is 0. The molecule has 2 aromatic carbocycles. The van der Waals surface area contributed by atoms with Crippen LogP contribution in [0.15, 0.2) is 42.5 Å². The van der Waals surface area contributed by atoms with Crippen LogP contribution < -0.4 is 14.5 Å². The van der Waals surface area contributed by atoms with Crippen LogP contribution in [-0.2, 0) is 21.4 Å². The highest BCUT2D eigenvalue weighted by Crippen LogP contribution is 2.24. The lowest BCUT2D eigenvalue weighted by Crippen LogP contribution is -2.47. The van der Waals surface area contributed by atoms with Crippen molar-refractivity contribution in [3.05, 3.63) is 59.2 Å². The number of nitrogens with one attached hydrogen (secondary N) is 1. The summed E-state index contributed by atoms with van der Waals surface area (Å²) in [5.74, 6) is -0.330. The average Bonchev–Trinajstić information content (AvgIpc) is 3.19. The number of hydrogen-bond acceptors (Lipinski definition) is 4. The molecule has 1 heterocycles. The maximum absolute atomic E-state index is 12.8. The Balaban J connectivity index is 1.69. The van der Waals surface area contributed by atoms with E-state index in [1.54, 1.807) is 19.1 Å². The van der Waals surface area contributed by atoms with Gasteiger partial charge in [0.15, 0.2) is 0 Å². The fourth-order valence-corrected chi connectivity index (χ4v) is 5.18. The molecule has 0 unspecified atom stereocenters. The largest absolute Gasteiger partial charge is 0.372 e. The van der Waals surface area contributed by atoms with Crippen molar-refractivity contribution in [2.75, 3.05) is 28.6 Å². The first-order chi connectivity index (χ1) is 14.1. The van der Waals surface area contributed by atoms with Gasteiger partial charge in [0, 0.05) is 25.3 Å². The van der Waals surface area contributed by atoms with Crippen molar-refractivity contribution in [3.63, 3.8) is 0 Å². The highest BCUT2D eigenvalue weighted by atomic mass is 32.2. The smallest absolute Gasteiger partial charge is 0.243 e. The Labute approximate surface area is 179 Å². The predicted molar refractivity (Wildman–Crippen MR) is 122 cm³/mol. The van der Waals surface area contributed by atoms with Crippen LogP contribution in [0.5, 0.6) is 0 Å². The number of anilines is 2. The topological polar surface area (TPSA) is 69.7 Å². The molecule has 0 aliphatic carbocycles. The molecule has 1 atom stereocenters. The number of aryl methyl sites for hydroxylation is 2. The number of hydrogen-bond donors (Lipinski definition) is 1. The second kappa shape index (κ2) is 9.08. The lowest BCUT2D eigenvalue weighted by molar-refractivity contribution is -0.122. The molecule has 1 aliphatic rings. The summed E-state index contributed by atoms with van der Waals surface area (Å²) in [6, 6.07) is 12.9. The highest BCUT2D eigenvalue weighted by molar-refractivity contribution is 7.92. The summed E-state index contributed by atoms with van der Waals surface area (Å²) in [6.07, 6.45) is 3.59. The monoisotopic (exact) mass is 429 g/mol. The van der Waals surface area contributed by atoms with Crippen molar-refractivity contribution in [1.29, 1.82) is 0 Å². The van der Waals surface area contributed by atoms with Gasteiger partial charge in [0.05, 0.1) is 11.9 Å². The number of benzene rings is 2. The van der Waals surface area contributed by atoms with Gasteiger partial charge >= 0.3 is 0 Å². The first-order valence-electron chi connectivity index (χ1n) is 10.3. The molecule has 3 rings (SSSR count). The molecule has 1 fully saturated rings. The minimum absolute atomic E-state index is 0.330. The van der Waals surface area contributed by atoms with Gasteiger partial charge in [-0.05, 0) is 74.6 Å². The lowest BCUT2D eigenvalue weighted by atomic mass is 10.1. The van der Waals surface area contributed by atoms with Crippen molar-refractivity contribution in [2.24, 2.45) is 0 Å². The SMILES string of the molecule is Cc1cc(C)cc(N([C@H](C)C(=O)NCc2ccc(N3CCCC3)cc2)S(C)(=O)=O)c1. The van der Waals surface area contributed by atoms with E-state index in [2.05, 4.69) is 22.3 Å². The van der Waals surface area contributed by atoms with E-state index >= 15 is 0 Å². The lowest BCUT2D eigenvalue weighted by Gasteiger charge is -2.29. The molecule has 7 heteroatoms. The minimum atomic E-state index is -3.63. The number of rotatable bonds is 7. The fourth-order valence-electron chi connectivity index (χ4n) is 4.02. The van der Waals surface area contributed by atoms with E-state index in [0.29, 0.717) is 12.2 Å². The number of nitrogens with zero attached hydrogens (tertiary/aromatic N) is 2. The first kappa shape index (κ1) is 22.2. The summed E-state index contributed by atoms with van der Waals surface area (Å²) in [6.45, 7) is 7.97. The standard InChI is InChI=1S/C23H31N3O3S/c1-17-13-18(2)15-22(14-17)26(30(4,28)29)19(3)23(27)24-16-20-7-9-21(10-8-20)25-11-5-6-12-25/h7-10,13-15,19H,5-6,11-12,16H2,1-4H3,(H,24,27)/t19-/m1/s1. The van der Waals surface area contributed by atoms with Crippen LogP contribution in [0.2, 0.25) is 0 Å². The van der Waals surface area contributed by atoms with Gasteiger partial charge in [-0.2, -0.15) is 0 Å². The van der Waals surface area contributed by atoms with Crippen molar-refractivity contribution in [2.45, 2.75) is 46.2 Å². The molecule has 30 heavy (non-hydrogen) atoms. The van der Waals surface area contributed by atoms with Gasteiger partial charge in [0.1, 0.15) is 6.04 Å². The molecule has 0 saturated carbocycles. The molecule has 1 saturated heterocycles. The quantitative estimate of drug-likeness (QED) is 0.733. The summed E-state index contributed by atoms with van der Waals surface area (Å²) in [5, 5.41) is 2.88. The summed E-state index contributed by atoms with van der Waals surface area (Å²) in [5.41, 5.74) is 4.59. The zero-order valence-electron chi connectivity index (χ0n) is 18.2. The highest BCUT2D eigenvalue weighted by Gasteiger charge is 2.29. The van der Waals surface area contributed by atoms with Crippen molar-refractivity contribution < 1.29 is 13.2 Å². The average molecular weight is 430 g/mol. The second-order valence-corrected chi connectivity index (χ2v) is 10.0. The molecular formula is C23H31N3O3S. The van der Waals surface area contributed by atoms with Crippen molar-refractivity contribution in [1.82, 2.24) is 5.32 Å². The molecule has 162 valence electrons. The van der Waals surface area contributed by atoms with Crippen LogP contribution in [0, 0.1) is 13.8 Å². The zero-order chi connectivity index (χ0) is 21.9. The third-order valence-corrected chi connectivity index (χ3v) is 6.67. The van der Waals surface area contributed by atoms with Gasteiger partial charge in [-0.15, -0.1) is 0 Å². The van der Waals surface area contributed by atoms with Gasteiger partial charge in [-0.3, -0.25) is 9.10 Å². The normalized spacial score (nSPS) is 15.1. The Bertz CT molecular complexity index is 977. The summed E-state index contributed by atoms with van der Waals surface area (Å²) < 4.78 is 26.2. The van der Waals surface area contributed by atoms with Crippen LogP contribution >= 0.6 is 0 Å². The van der Waals surface area contributed by atoms with E-state index in [1.807, 2.05) is 32.0 Å². The maximum Gasteiger partial charge on any atom is 0.243 e. The second-order valence-electron chi connectivity index (χ2n) is 8.16. The zero-order valence-corrected chi connectivity index (χ0v) is 19.0. The molecule has 2 aromatic rings. The molecule has 0 bridgehead atoms. The Kier molecular flexibility index (Phi) is 6.71. The number of carbonyl (C=O) groups is 1. The first-order valence-corrected chi connectivity index (χ1v) is 12.2. The number of sulfonamides is 1. The molecule has 0 aromatic heterocycles. The fraction of sp³-hybridized carbons (Fsp3) is 0.435. The molecular weight excluding hydrogens is 398 g/mol. The molecule has 1 N–H and O–H groups in total. The van der Waals surface area contributed by atoms with Crippen LogP contribution in [0.4, 0.5) is 11.4 Å². The van der Waals surface area contributed by atoms with E-state index in [1.165, 1.54) is 22.8 Å². The molecule has 0 spiro atoms. The molecule has 6 nitrogen and oxygen atoms in total. The Morgan fingerprint density at radius 1 is 1.07 bits per heavy atom. The van der Waals surface area contributed by atoms with Crippen molar-refractivity contribution >= 4 is 27.3 Å². The Morgan fingerprint density at radius 2 is 1.63 bits per heavy atom. The third kappa shape index (κ3) is 5.33. The van der Waals surface area contributed by atoms with Gasteiger partial charge in [0.25, 0.3) is 0 Å². The van der Waals surface area contributed by atoms with E-state index in [9.17, 15) is 13.2 Å².